The molecule has 0 saturated carbocycles. The second-order valence-electron chi connectivity index (χ2n) is 6.59. The number of fused-ring (bicyclic) bond motifs is 1. The van der Waals surface area contributed by atoms with Crippen LogP contribution in [0, 0.1) is 12.8 Å². The highest BCUT2D eigenvalue weighted by Gasteiger charge is 2.21. The fourth-order valence-corrected chi connectivity index (χ4v) is 4.41. The molecule has 1 atom stereocenters. The minimum absolute atomic E-state index is 0.00802. The van der Waals surface area contributed by atoms with Crippen molar-refractivity contribution < 1.29 is 14.3 Å². The standard InChI is InChI=1S/C19H24N2O3S2/c1-12(2)18(21-17(22)11-26-19-20-13(3)10-25-19)14-5-6-15-16(9-14)24-8-4-7-23-15/h5-6,9-10,12,18H,4,7-8,11H2,1-3H3,(H,21,22)/t18-/m1/s1. The van der Waals surface area contributed by atoms with E-state index in [0.717, 1.165) is 33.5 Å². The third-order valence-electron chi connectivity index (χ3n) is 4.04. The van der Waals surface area contributed by atoms with Gasteiger partial charge in [0.2, 0.25) is 5.91 Å². The number of aromatic nitrogens is 1. The molecule has 1 aromatic heterocycles. The van der Waals surface area contributed by atoms with Crippen LogP contribution < -0.4 is 14.8 Å². The molecule has 0 aliphatic carbocycles. The Hall–Kier alpha value is -1.73. The van der Waals surface area contributed by atoms with Gasteiger partial charge in [0.25, 0.3) is 0 Å². The Labute approximate surface area is 162 Å². The van der Waals surface area contributed by atoms with E-state index in [1.54, 1.807) is 11.3 Å². The molecule has 1 amide bonds. The first-order valence-corrected chi connectivity index (χ1v) is 10.6. The van der Waals surface area contributed by atoms with Crippen LogP contribution in [0.4, 0.5) is 0 Å². The first-order chi connectivity index (χ1) is 12.5. The number of benzene rings is 1. The van der Waals surface area contributed by atoms with Gasteiger partial charge in [0, 0.05) is 17.5 Å². The van der Waals surface area contributed by atoms with Crippen LogP contribution in [0.2, 0.25) is 0 Å². The van der Waals surface area contributed by atoms with Crippen molar-refractivity contribution in [3.8, 4) is 11.5 Å². The monoisotopic (exact) mass is 392 g/mol. The molecule has 2 heterocycles. The molecule has 0 unspecified atom stereocenters. The lowest BCUT2D eigenvalue weighted by Gasteiger charge is -2.23. The van der Waals surface area contributed by atoms with Crippen molar-refractivity contribution in [3.63, 3.8) is 0 Å². The van der Waals surface area contributed by atoms with Gasteiger partial charge in [-0.25, -0.2) is 4.98 Å². The molecule has 0 fully saturated rings. The molecule has 5 nitrogen and oxygen atoms in total. The molecule has 1 N–H and O–H groups in total. The van der Waals surface area contributed by atoms with Gasteiger partial charge < -0.3 is 14.8 Å². The SMILES string of the molecule is Cc1csc(SCC(=O)N[C@@H](c2ccc3c(c2)OCCCO3)C(C)C)n1. The Morgan fingerprint density at radius 3 is 2.77 bits per heavy atom. The molecular weight excluding hydrogens is 368 g/mol. The summed E-state index contributed by atoms with van der Waals surface area (Å²) < 4.78 is 12.4. The third kappa shape index (κ3) is 4.92. The Bertz CT molecular complexity index is 761. The molecule has 0 radical (unpaired) electrons. The van der Waals surface area contributed by atoms with Crippen molar-refractivity contribution in [1.82, 2.24) is 10.3 Å². The first-order valence-electron chi connectivity index (χ1n) is 8.77. The van der Waals surface area contributed by atoms with Gasteiger partial charge >= 0.3 is 0 Å². The number of aryl methyl sites for hydroxylation is 1. The molecule has 1 aliphatic heterocycles. The topological polar surface area (TPSA) is 60.5 Å². The van der Waals surface area contributed by atoms with Crippen molar-refractivity contribution in [2.24, 2.45) is 5.92 Å². The van der Waals surface area contributed by atoms with Crippen LogP contribution >= 0.6 is 23.1 Å². The quantitative estimate of drug-likeness (QED) is 0.746. The summed E-state index contributed by atoms with van der Waals surface area (Å²) in [4.78, 5) is 16.8. The fraction of sp³-hybridized carbons (Fsp3) is 0.474. The second kappa shape index (κ2) is 8.77. The molecule has 0 bridgehead atoms. The Balaban J connectivity index is 1.66. The molecule has 3 rings (SSSR count). The highest BCUT2D eigenvalue weighted by molar-refractivity contribution is 8.01. The average Bonchev–Trinajstić information content (AvgIpc) is 2.89. The van der Waals surface area contributed by atoms with Gasteiger partial charge in [0.1, 0.15) is 0 Å². The van der Waals surface area contributed by atoms with E-state index in [9.17, 15) is 4.79 Å². The highest BCUT2D eigenvalue weighted by Crippen LogP contribution is 2.34. The zero-order chi connectivity index (χ0) is 18.5. The lowest BCUT2D eigenvalue weighted by Crippen LogP contribution is -2.33. The van der Waals surface area contributed by atoms with Crippen LogP contribution in [0.15, 0.2) is 27.9 Å². The van der Waals surface area contributed by atoms with Crippen LogP contribution in [-0.2, 0) is 4.79 Å². The van der Waals surface area contributed by atoms with E-state index in [-0.39, 0.29) is 17.9 Å². The summed E-state index contributed by atoms with van der Waals surface area (Å²) in [5, 5.41) is 5.15. The van der Waals surface area contributed by atoms with Gasteiger partial charge in [0.05, 0.1) is 25.0 Å². The number of rotatable bonds is 6. The second-order valence-corrected chi connectivity index (χ2v) is 8.67. The van der Waals surface area contributed by atoms with Crippen LogP contribution in [-0.4, -0.2) is 29.9 Å². The van der Waals surface area contributed by atoms with Gasteiger partial charge in [-0.15, -0.1) is 11.3 Å². The Kier molecular flexibility index (Phi) is 6.43. The Morgan fingerprint density at radius 1 is 1.31 bits per heavy atom. The number of carbonyl (C=O) groups excluding carboxylic acids is 1. The fourth-order valence-electron chi connectivity index (χ4n) is 2.75. The Morgan fingerprint density at radius 2 is 2.08 bits per heavy atom. The first kappa shape index (κ1) is 19.0. The van der Waals surface area contributed by atoms with Gasteiger partial charge in [-0.05, 0) is 30.5 Å². The van der Waals surface area contributed by atoms with Crippen molar-refractivity contribution in [3.05, 3.63) is 34.8 Å². The molecule has 140 valence electrons. The zero-order valence-electron chi connectivity index (χ0n) is 15.3. The molecular formula is C19H24N2O3S2. The molecule has 1 aromatic carbocycles. The number of hydrogen-bond acceptors (Lipinski definition) is 6. The number of carbonyl (C=O) groups is 1. The van der Waals surface area contributed by atoms with E-state index >= 15 is 0 Å². The number of thiazole rings is 1. The number of hydrogen-bond donors (Lipinski definition) is 1. The van der Waals surface area contributed by atoms with E-state index in [4.69, 9.17) is 9.47 Å². The predicted octanol–water partition coefficient (Wildman–Crippen LogP) is 4.22. The molecule has 2 aromatic rings. The number of nitrogens with one attached hydrogen (secondary N) is 1. The minimum Gasteiger partial charge on any atom is -0.490 e. The van der Waals surface area contributed by atoms with E-state index in [1.807, 2.05) is 30.5 Å². The van der Waals surface area contributed by atoms with Crippen molar-refractivity contribution in [2.45, 2.75) is 37.6 Å². The van der Waals surface area contributed by atoms with E-state index in [2.05, 4.69) is 24.1 Å². The van der Waals surface area contributed by atoms with Crippen molar-refractivity contribution in [2.75, 3.05) is 19.0 Å². The maximum atomic E-state index is 12.4. The average molecular weight is 393 g/mol. The van der Waals surface area contributed by atoms with E-state index < -0.39 is 0 Å². The van der Waals surface area contributed by atoms with Crippen LogP contribution in [0.3, 0.4) is 0 Å². The molecule has 1 aliphatic rings. The smallest absolute Gasteiger partial charge is 0.230 e. The highest BCUT2D eigenvalue weighted by atomic mass is 32.2. The largest absolute Gasteiger partial charge is 0.490 e. The molecule has 26 heavy (non-hydrogen) atoms. The molecule has 0 saturated heterocycles. The molecule has 0 spiro atoms. The summed E-state index contributed by atoms with van der Waals surface area (Å²) in [5.41, 5.74) is 2.03. The minimum atomic E-state index is -0.0710. The summed E-state index contributed by atoms with van der Waals surface area (Å²) in [7, 11) is 0. The summed E-state index contributed by atoms with van der Waals surface area (Å²) in [6.07, 6.45) is 0.877. The van der Waals surface area contributed by atoms with Crippen molar-refractivity contribution >= 4 is 29.0 Å². The van der Waals surface area contributed by atoms with Crippen LogP contribution in [0.25, 0.3) is 0 Å². The summed E-state index contributed by atoms with van der Waals surface area (Å²) >= 11 is 3.05. The van der Waals surface area contributed by atoms with Gasteiger partial charge in [0.15, 0.2) is 15.8 Å². The normalized spacial score (nSPS) is 14.8. The summed E-state index contributed by atoms with van der Waals surface area (Å²) in [5.74, 6) is 2.16. The van der Waals surface area contributed by atoms with Gasteiger partial charge in [-0.1, -0.05) is 31.7 Å². The summed E-state index contributed by atoms with van der Waals surface area (Å²) in [6.45, 7) is 7.49. The number of thioether (sulfide) groups is 1. The number of ether oxygens (including phenoxy) is 2. The van der Waals surface area contributed by atoms with Crippen molar-refractivity contribution in [1.29, 1.82) is 0 Å². The van der Waals surface area contributed by atoms with Gasteiger partial charge in [-0.3, -0.25) is 4.79 Å². The lowest BCUT2D eigenvalue weighted by atomic mass is 9.95. The lowest BCUT2D eigenvalue weighted by molar-refractivity contribution is -0.119. The van der Waals surface area contributed by atoms with Crippen LogP contribution in [0.5, 0.6) is 11.5 Å². The zero-order valence-corrected chi connectivity index (χ0v) is 16.9. The number of nitrogens with zero attached hydrogens (tertiary/aromatic N) is 1. The molecule has 7 heteroatoms. The predicted molar refractivity (Wildman–Crippen MR) is 105 cm³/mol. The maximum absolute atomic E-state index is 12.4. The van der Waals surface area contributed by atoms with E-state index in [0.29, 0.717) is 19.0 Å². The van der Waals surface area contributed by atoms with Crippen LogP contribution in [0.1, 0.15) is 37.6 Å². The maximum Gasteiger partial charge on any atom is 0.230 e. The number of amides is 1. The van der Waals surface area contributed by atoms with E-state index in [1.165, 1.54) is 11.8 Å². The van der Waals surface area contributed by atoms with Gasteiger partial charge in [-0.2, -0.15) is 0 Å². The third-order valence-corrected chi connectivity index (χ3v) is 6.18. The summed E-state index contributed by atoms with van der Waals surface area (Å²) in [6, 6.07) is 5.86.